The van der Waals surface area contributed by atoms with Crippen LogP contribution in [0.3, 0.4) is 0 Å². The third kappa shape index (κ3) is 2.39. The van der Waals surface area contributed by atoms with Crippen molar-refractivity contribution >= 4 is 12.2 Å². The van der Waals surface area contributed by atoms with Gasteiger partial charge in [0.1, 0.15) is 0 Å². The summed E-state index contributed by atoms with van der Waals surface area (Å²) in [6, 6.07) is 2.39. The summed E-state index contributed by atoms with van der Waals surface area (Å²) in [5.74, 6) is -0.729. The SMILES string of the molecule is CNC(=O)c1cc(C(F)(F)F)ccc1C=O. The number of benzene rings is 1. The van der Waals surface area contributed by atoms with E-state index in [0.717, 1.165) is 12.1 Å². The Labute approximate surface area is 89.3 Å². The van der Waals surface area contributed by atoms with Crippen molar-refractivity contribution in [2.45, 2.75) is 6.18 Å². The number of carbonyl (C=O) groups excluding carboxylic acids is 2. The quantitative estimate of drug-likeness (QED) is 0.790. The van der Waals surface area contributed by atoms with Gasteiger partial charge in [-0.15, -0.1) is 0 Å². The van der Waals surface area contributed by atoms with Crippen molar-refractivity contribution in [3.63, 3.8) is 0 Å². The van der Waals surface area contributed by atoms with E-state index in [2.05, 4.69) is 5.32 Å². The highest BCUT2D eigenvalue weighted by atomic mass is 19.4. The van der Waals surface area contributed by atoms with Crippen molar-refractivity contribution in [3.8, 4) is 0 Å². The number of rotatable bonds is 2. The van der Waals surface area contributed by atoms with Crippen LogP contribution in [0.1, 0.15) is 26.3 Å². The fourth-order valence-corrected chi connectivity index (χ4v) is 1.17. The third-order valence-electron chi connectivity index (χ3n) is 1.98. The van der Waals surface area contributed by atoms with Crippen LogP contribution in [-0.4, -0.2) is 19.2 Å². The molecule has 0 saturated heterocycles. The van der Waals surface area contributed by atoms with E-state index in [9.17, 15) is 22.8 Å². The van der Waals surface area contributed by atoms with Crippen LogP contribution in [0, 0.1) is 0 Å². The van der Waals surface area contributed by atoms with E-state index in [0.29, 0.717) is 12.4 Å². The largest absolute Gasteiger partial charge is 0.416 e. The van der Waals surface area contributed by atoms with Gasteiger partial charge in [0.05, 0.1) is 11.1 Å². The lowest BCUT2D eigenvalue weighted by Crippen LogP contribution is -2.20. The first-order valence-electron chi connectivity index (χ1n) is 4.28. The number of carbonyl (C=O) groups is 2. The highest BCUT2D eigenvalue weighted by Crippen LogP contribution is 2.30. The number of hydrogen-bond donors (Lipinski definition) is 1. The molecule has 0 unspecified atom stereocenters. The van der Waals surface area contributed by atoms with Gasteiger partial charge in [-0.25, -0.2) is 0 Å². The lowest BCUT2D eigenvalue weighted by Gasteiger charge is -2.09. The lowest BCUT2D eigenvalue weighted by molar-refractivity contribution is -0.137. The fourth-order valence-electron chi connectivity index (χ4n) is 1.17. The molecule has 1 amide bonds. The second-order valence-electron chi connectivity index (χ2n) is 3.00. The maximum absolute atomic E-state index is 12.4. The van der Waals surface area contributed by atoms with Gasteiger partial charge in [-0.1, -0.05) is 6.07 Å². The average Bonchev–Trinajstić information content (AvgIpc) is 2.25. The molecule has 0 fully saturated rings. The molecule has 0 heterocycles. The lowest BCUT2D eigenvalue weighted by atomic mass is 10.0. The Morgan fingerprint density at radius 1 is 1.38 bits per heavy atom. The number of hydrogen-bond acceptors (Lipinski definition) is 2. The van der Waals surface area contributed by atoms with Crippen molar-refractivity contribution < 1.29 is 22.8 Å². The molecule has 0 aliphatic rings. The molecule has 1 aromatic rings. The van der Waals surface area contributed by atoms with Crippen LogP contribution in [-0.2, 0) is 6.18 Å². The van der Waals surface area contributed by atoms with Gasteiger partial charge >= 0.3 is 6.18 Å². The summed E-state index contributed by atoms with van der Waals surface area (Å²) in [4.78, 5) is 21.8. The molecular weight excluding hydrogens is 223 g/mol. The monoisotopic (exact) mass is 231 g/mol. The molecule has 1 N–H and O–H groups in total. The molecule has 0 aliphatic heterocycles. The highest BCUT2D eigenvalue weighted by molar-refractivity contribution is 6.01. The van der Waals surface area contributed by atoms with Crippen LogP contribution in [0.2, 0.25) is 0 Å². The fraction of sp³-hybridized carbons (Fsp3) is 0.200. The van der Waals surface area contributed by atoms with Crippen LogP contribution in [0.4, 0.5) is 13.2 Å². The predicted molar refractivity (Wildman–Crippen MR) is 50.2 cm³/mol. The van der Waals surface area contributed by atoms with Crippen LogP contribution < -0.4 is 5.32 Å². The molecule has 0 spiro atoms. The predicted octanol–water partition coefficient (Wildman–Crippen LogP) is 1.88. The molecule has 0 bridgehead atoms. The van der Waals surface area contributed by atoms with Gasteiger partial charge in [0.2, 0.25) is 0 Å². The first-order valence-corrected chi connectivity index (χ1v) is 4.28. The van der Waals surface area contributed by atoms with Gasteiger partial charge < -0.3 is 5.32 Å². The minimum absolute atomic E-state index is 0.0765. The van der Waals surface area contributed by atoms with Crippen molar-refractivity contribution in [1.29, 1.82) is 0 Å². The smallest absolute Gasteiger partial charge is 0.355 e. The van der Waals surface area contributed by atoms with Gasteiger partial charge in [-0.2, -0.15) is 13.2 Å². The summed E-state index contributed by atoms with van der Waals surface area (Å²) in [5.41, 5.74) is -1.32. The van der Waals surface area contributed by atoms with Crippen molar-refractivity contribution in [3.05, 3.63) is 34.9 Å². The van der Waals surface area contributed by atoms with Crippen LogP contribution in [0.25, 0.3) is 0 Å². The Morgan fingerprint density at radius 3 is 2.44 bits per heavy atom. The summed E-state index contributed by atoms with van der Waals surface area (Å²) < 4.78 is 37.1. The minimum atomic E-state index is -4.54. The molecule has 0 saturated carbocycles. The zero-order valence-corrected chi connectivity index (χ0v) is 8.26. The Balaban J connectivity index is 3.32. The Hall–Kier alpha value is -1.85. The molecule has 0 atom stereocenters. The Morgan fingerprint density at radius 2 is 2.00 bits per heavy atom. The van der Waals surface area contributed by atoms with Crippen LogP contribution in [0.15, 0.2) is 18.2 Å². The summed E-state index contributed by atoms with van der Waals surface area (Å²) in [6.45, 7) is 0. The second-order valence-corrected chi connectivity index (χ2v) is 3.00. The van der Waals surface area contributed by atoms with E-state index in [-0.39, 0.29) is 11.1 Å². The van der Waals surface area contributed by atoms with E-state index >= 15 is 0 Å². The molecule has 86 valence electrons. The van der Waals surface area contributed by atoms with Gasteiger partial charge in [-0.3, -0.25) is 9.59 Å². The van der Waals surface area contributed by atoms with E-state index in [4.69, 9.17) is 0 Å². The third-order valence-corrected chi connectivity index (χ3v) is 1.98. The Kier molecular flexibility index (Phi) is 3.31. The Bertz CT molecular complexity index is 427. The molecule has 0 aliphatic carbocycles. The molecule has 1 aromatic carbocycles. The zero-order valence-electron chi connectivity index (χ0n) is 8.26. The molecule has 16 heavy (non-hydrogen) atoms. The van der Waals surface area contributed by atoms with Gasteiger partial charge in [0.15, 0.2) is 6.29 Å². The van der Waals surface area contributed by atoms with E-state index in [1.54, 1.807) is 0 Å². The molecular formula is C10H8F3NO2. The van der Waals surface area contributed by atoms with Crippen LogP contribution in [0.5, 0.6) is 0 Å². The number of alkyl halides is 3. The van der Waals surface area contributed by atoms with Gasteiger partial charge in [0, 0.05) is 12.6 Å². The van der Waals surface area contributed by atoms with Crippen molar-refractivity contribution in [1.82, 2.24) is 5.32 Å². The summed E-state index contributed by atoms with van der Waals surface area (Å²) in [7, 11) is 1.27. The summed E-state index contributed by atoms with van der Waals surface area (Å²) >= 11 is 0. The molecule has 1 rings (SSSR count). The topological polar surface area (TPSA) is 46.2 Å². The van der Waals surface area contributed by atoms with Gasteiger partial charge in [0.25, 0.3) is 5.91 Å². The first kappa shape index (κ1) is 12.2. The average molecular weight is 231 g/mol. The second kappa shape index (κ2) is 4.34. The zero-order chi connectivity index (χ0) is 12.3. The number of nitrogens with one attached hydrogen (secondary N) is 1. The minimum Gasteiger partial charge on any atom is -0.355 e. The standard InChI is InChI=1S/C10H8F3NO2/c1-14-9(16)8-4-7(10(11,12)13)3-2-6(8)5-15/h2-5H,1H3,(H,14,16). The number of halogens is 3. The van der Waals surface area contributed by atoms with Gasteiger partial charge in [-0.05, 0) is 12.1 Å². The van der Waals surface area contributed by atoms with Crippen LogP contribution >= 0.6 is 0 Å². The van der Waals surface area contributed by atoms with E-state index < -0.39 is 17.6 Å². The maximum atomic E-state index is 12.4. The molecule has 3 nitrogen and oxygen atoms in total. The summed E-state index contributed by atoms with van der Waals surface area (Å²) in [6.07, 6.45) is -4.20. The molecule has 6 heteroatoms. The summed E-state index contributed by atoms with van der Waals surface area (Å²) in [5, 5.41) is 2.17. The molecule has 0 aromatic heterocycles. The van der Waals surface area contributed by atoms with Crippen molar-refractivity contribution in [2.75, 3.05) is 7.05 Å². The number of amides is 1. The van der Waals surface area contributed by atoms with Crippen molar-refractivity contribution in [2.24, 2.45) is 0 Å². The van der Waals surface area contributed by atoms with E-state index in [1.165, 1.54) is 7.05 Å². The highest BCUT2D eigenvalue weighted by Gasteiger charge is 2.31. The maximum Gasteiger partial charge on any atom is 0.416 e. The normalized spacial score (nSPS) is 11.0. The first-order chi connectivity index (χ1) is 7.40. The molecule has 0 radical (unpaired) electrons. The number of aldehydes is 1. The van der Waals surface area contributed by atoms with E-state index in [1.807, 2.05) is 0 Å².